The number of nitrogens with zero attached hydrogens (tertiary/aromatic N) is 2. The molecule has 0 bridgehead atoms. The number of ether oxygens (including phenoxy) is 1. The maximum Gasteiger partial charge on any atom is 0.223 e. The van der Waals surface area contributed by atoms with Crippen molar-refractivity contribution in [1.29, 1.82) is 0 Å². The average molecular weight is 397 g/mol. The molecule has 5 nitrogen and oxygen atoms in total. The zero-order valence-electron chi connectivity index (χ0n) is 16.3. The number of hydrogen-bond acceptors (Lipinski definition) is 6. The van der Waals surface area contributed by atoms with Gasteiger partial charge in [-0.1, -0.05) is 39.8 Å². The summed E-state index contributed by atoms with van der Waals surface area (Å²) in [4.78, 5) is 8.46. The Kier molecular flexibility index (Phi) is 8.03. The quantitative estimate of drug-likeness (QED) is 0.546. The van der Waals surface area contributed by atoms with Gasteiger partial charge in [-0.15, -0.1) is 24.2 Å². The smallest absolute Gasteiger partial charge is 0.223 e. The van der Waals surface area contributed by atoms with Gasteiger partial charge in [0.2, 0.25) is 5.95 Å². The van der Waals surface area contributed by atoms with Gasteiger partial charge < -0.3 is 16.2 Å². The number of thioether (sulfide) groups is 1. The van der Waals surface area contributed by atoms with Crippen LogP contribution in [0.25, 0.3) is 0 Å². The van der Waals surface area contributed by atoms with Gasteiger partial charge in [0, 0.05) is 12.0 Å². The fourth-order valence-corrected chi connectivity index (χ4v) is 3.58. The lowest BCUT2D eigenvalue weighted by atomic mass is 9.90. The molecule has 1 aromatic carbocycles. The molecule has 0 saturated carbocycles. The fraction of sp³-hybridized carbons (Fsp3) is 0.474. The number of methoxy groups -OCH3 is 1. The number of benzene rings is 1. The molecule has 0 unspecified atom stereocenters. The van der Waals surface area contributed by atoms with E-state index in [9.17, 15) is 0 Å². The second-order valence-corrected chi connectivity index (χ2v) is 7.54. The van der Waals surface area contributed by atoms with E-state index in [2.05, 4.69) is 49.8 Å². The summed E-state index contributed by atoms with van der Waals surface area (Å²) in [7, 11) is 1.74. The highest BCUT2D eigenvalue weighted by atomic mass is 35.5. The van der Waals surface area contributed by atoms with Crippen molar-refractivity contribution >= 4 is 35.9 Å². The van der Waals surface area contributed by atoms with Crippen LogP contribution in [0, 0.1) is 0 Å². The Morgan fingerprint density at radius 2 is 1.58 bits per heavy atom. The molecular weight excluding hydrogens is 368 g/mol. The number of rotatable bonds is 6. The lowest BCUT2D eigenvalue weighted by Gasteiger charge is -2.21. The molecule has 2 rings (SSSR count). The van der Waals surface area contributed by atoms with Gasteiger partial charge >= 0.3 is 0 Å². The van der Waals surface area contributed by atoms with E-state index in [1.165, 1.54) is 28.5 Å². The SMILES string of the molecule is COc1c(C(C)C)cc(Cc2c(N)nc(N)nc2SC)cc1C(C)C.Cl. The minimum Gasteiger partial charge on any atom is -0.496 e. The van der Waals surface area contributed by atoms with Gasteiger partial charge in [0.05, 0.1) is 7.11 Å². The van der Waals surface area contributed by atoms with Crippen molar-refractivity contribution in [2.75, 3.05) is 24.8 Å². The maximum atomic E-state index is 6.13. The lowest BCUT2D eigenvalue weighted by molar-refractivity contribution is 0.400. The number of halogens is 1. The Hall–Kier alpha value is -1.66. The molecule has 0 radical (unpaired) electrons. The third-order valence-corrected chi connectivity index (χ3v) is 4.97. The molecule has 0 fully saturated rings. The number of nitrogen functional groups attached to an aromatic ring is 2. The summed E-state index contributed by atoms with van der Waals surface area (Å²) < 4.78 is 5.72. The molecule has 144 valence electrons. The van der Waals surface area contributed by atoms with Crippen LogP contribution in [0.4, 0.5) is 11.8 Å². The molecule has 0 atom stereocenters. The van der Waals surface area contributed by atoms with Crippen molar-refractivity contribution in [1.82, 2.24) is 9.97 Å². The van der Waals surface area contributed by atoms with Crippen LogP contribution in [-0.4, -0.2) is 23.3 Å². The van der Waals surface area contributed by atoms with Crippen molar-refractivity contribution in [2.24, 2.45) is 0 Å². The summed E-state index contributed by atoms with van der Waals surface area (Å²) in [5, 5.41) is 0.831. The van der Waals surface area contributed by atoms with Gasteiger partial charge in [-0.05, 0) is 34.8 Å². The first-order chi connectivity index (χ1) is 11.8. The van der Waals surface area contributed by atoms with Crippen molar-refractivity contribution in [3.63, 3.8) is 0 Å². The van der Waals surface area contributed by atoms with Gasteiger partial charge in [-0.2, -0.15) is 4.98 Å². The van der Waals surface area contributed by atoms with E-state index in [0.717, 1.165) is 16.3 Å². The van der Waals surface area contributed by atoms with Crippen LogP contribution >= 0.6 is 24.2 Å². The van der Waals surface area contributed by atoms with Crippen LogP contribution in [0.1, 0.15) is 61.8 Å². The monoisotopic (exact) mass is 396 g/mol. The normalized spacial score (nSPS) is 10.9. The molecule has 0 amide bonds. The van der Waals surface area contributed by atoms with Crippen molar-refractivity contribution in [3.8, 4) is 5.75 Å². The lowest BCUT2D eigenvalue weighted by Crippen LogP contribution is -2.08. The predicted octanol–water partition coefficient (Wildman–Crippen LogP) is 4.63. The third kappa shape index (κ3) is 4.74. The summed E-state index contributed by atoms with van der Waals surface area (Å²) in [6.45, 7) is 8.72. The van der Waals surface area contributed by atoms with E-state index < -0.39 is 0 Å². The predicted molar refractivity (Wildman–Crippen MR) is 114 cm³/mol. The van der Waals surface area contributed by atoms with Crippen molar-refractivity contribution in [3.05, 3.63) is 34.4 Å². The van der Waals surface area contributed by atoms with Crippen LogP contribution in [0.3, 0.4) is 0 Å². The molecule has 7 heteroatoms. The zero-order chi connectivity index (χ0) is 18.7. The molecule has 0 aliphatic heterocycles. The maximum absolute atomic E-state index is 6.13. The fourth-order valence-electron chi connectivity index (χ4n) is 2.97. The van der Waals surface area contributed by atoms with E-state index in [1.807, 2.05) is 6.26 Å². The van der Waals surface area contributed by atoms with Crippen LogP contribution in [-0.2, 0) is 6.42 Å². The Morgan fingerprint density at radius 3 is 2.00 bits per heavy atom. The van der Waals surface area contributed by atoms with E-state index in [1.54, 1.807) is 7.11 Å². The standard InChI is InChI=1S/C19H28N4OS.ClH/c1-10(2)13-7-12(8-14(11(3)4)16(13)24-5)9-15-17(20)22-19(21)23-18(15)25-6;/h7-8,10-11H,9H2,1-6H3,(H4,20,21,22,23);1H. The molecule has 0 aliphatic carbocycles. The van der Waals surface area contributed by atoms with E-state index in [4.69, 9.17) is 16.2 Å². The average Bonchev–Trinajstić information content (AvgIpc) is 2.55. The molecule has 1 heterocycles. The second kappa shape index (κ2) is 9.33. The van der Waals surface area contributed by atoms with Gasteiger partial charge in [0.15, 0.2) is 0 Å². The van der Waals surface area contributed by atoms with E-state index in [-0.39, 0.29) is 18.4 Å². The molecule has 2 aromatic rings. The Labute approximate surface area is 166 Å². The number of hydrogen-bond donors (Lipinski definition) is 2. The van der Waals surface area contributed by atoms with Crippen molar-refractivity contribution < 1.29 is 4.74 Å². The molecule has 0 aliphatic rings. The van der Waals surface area contributed by atoms with Crippen LogP contribution in [0.2, 0.25) is 0 Å². The van der Waals surface area contributed by atoms with E-state index >= 15 is 0 Å². The third-order valence-electron chi connectivity index (χ3n) is 4.25. The first-order valence-corrected chi connectivity index (χ1v) is 9.67. The first-order valence-electron chi connectivity index (χ1n) is 8.45. The van der Waals surface area contributed by atoms with Crippen LogP contribution in [0.15, 0.2) is 17.2 Å². The summed E-state index contributed by atoms with van der Waals surface area (Å²) in [6.07, 6.45) is 2.64. The van der Waals surface area contributed by atoms with Crippen molar-refractivity contribution in [2.45, 2.75) is 51.0 Å². The molecule has 0 saturated heterocycles. The molecule has 26 heavy (non-hydrogen) atoms. The highest BCUT2D eigenvalue weighted by molar-refractivity contribution is 7.98. The minimum absolute atomic E-state index is 0. The van der Waals surface area contributed by atoms with Gasteiger partial charge in [0.25, 0.3) is 0 Å². The van der Waals surface area contributed by atoms with Gasteiger partial charge in [0.1, 0.15) is 16.6 Å². The number of aromatic nitrogens is 2. The summed E-state index contributed by atoms with van der Waals surface area (Å²) >= 11 is 1.54. The van der Waals surface area contributed by atoms with E-state index in [0.29, 0.717) is 24.1 Å². The highest BCUT2D eigenvalue weighted by Gasteiger charge is 2.18. The largest absolute Gasteiger partial charge is 0.496 e. The number of anilines is 2. The Bertz CT molecular complexity index is 736. The van der Waals surface area contributed by atoms with Crippen LogP contribution in [0.5, 0.6) is 5.75 Å². The topological polar surface area (TPSA) is 87.0 Å². The van der Waals surface area contributed by atoms with Gasteiger partial charge in [-0.25, -0.2) is 4.98 Å². The molecule has 1 aromatic heterocycles. The Balaban J connectivity index is 0.00000338. The van der Waals surface area contributed by atoms with Gasteiger partial charge in [-0.3, -0.25) is 0 Å². The summed E-state index contributed by atoms with van der Waals surface area (Å²) in [5.41, 5.74) is 16.4. The Morgan fingerprint density at radius 1 is 1.04 bits per heavy atom. The number of nitrogens with two attached hydrogens (primary N) is 2. The minimum atomic E-state index is 0. The second-order valence-electron chi connectivity index (χ2n) is 6.75. The zero-order valence-corrected chi connectivity index (χ0v) is 17.9. The first kappa shape index (κ1) is 22.4. The summed E-state index contributed by atoms with van der Waals surface area (Å²) in [6, 6.07) is 4.41. The van der Waals surface area contributed by atoms with Crippen LogP contribution < -0.4 is 16.2 Å². The molecular formula is C19H29ClN4OS. The molecule has 0 spiro atoms. The molecule has 4 N–H and O–H groups in total. The highest BCUT2D eigenvalue weighted by Crippen LogP contribution is 2.37. The summed E-state index contributed by atoms with van der Waals surface area (Å²) in [5.74, 6) is 2.39.